The number of benzene rings is 1. The number of para-hydroxylation sites is 2. The van der Waals surface area contributed by atoms with E-state index in [1.165, 1.54) is 55.6 Å². The lowest BCUT2D eigenvalue weighted by atomic mass is 10.2. The standard InChI is InChI=1S/C18H31N4.ClH/c1-22(14-4-5-15-22)16-6-9-20-10-12-21(13-11-20)18-8-3-2-7-17(18)19;/h2-3,7-8H,4-6,9-16,19H2,1H3;1H/q+1;/p-1. The number of nitrogens with zero attached hydrogens (tertiary/aromatic N) is 3. The molecule has 1 aromatic carbocycles. The third-order valence-corrected chi connectivity index (χ3v) is 5.47. The van der Waals surface area contributed by atoms with E-state index in [9.17, 15) is 0 Å². The van der Waals surface area contributed by atoms with Crippen LogP contribution in [0.15, 0.2) is 24.3 Å². The van der Waals surface area contributed by atoms with Crippen molar-refractivity contribution < 1.29 is 16.9 Å². The summed E-state index contributed by atoms with van der Waals surface area (Å²) < 4.78 is 1.31. The highest BCUT2D eigenvalue weighted by Crippen LogP contribution is 2.23. The Labute approximate surface area is 147 Å². The third-order valence-electron chi connectivity index (χ3n) is 5.47. The molecule has 2 aliphatic heterocycles. The third kappa shape index (κ3) is 4.75. The molecular weight excluding hydrogens is 308 g/mol. The number of piperazine rings is 1. The molecule has 1 aromatic rings. The first kappa shape index (κ1) is 18.4. The topological polar surface area (TPSA) is 32.5 Å². The van der Waals surface area contributed by atoms with Crippen molar-refractivity contribution in [1.29, 1.82) is 0 Å². The van der Waals surface area contributed by atoms with Gasteiger partial charge < -0.3 is 27.5 Å². The van der Waals surface area contributed by atoms with Crippen LogP contribution < -0.4 is 23.0 Å². The smallest absolute Gasteiger partial charge is 0.0796 e. The number of nitrogens with two attached hydrogens (primary N) is 1. The fourth-order valence-corrected chi connectivity index (χ4v) is 3.99. The summed E-state index contributed by atoms with van der Waals surface area (Å²) in [5.74, 6) is 0. The Morgan fingerprint density at radius 3 is 2.35 bits per heavy atom. The Bertz CT molecular complexity index is 480. The summed E-state index contributed by atoms with van der Waals surface area (Å²) in [6.07, 6.45) is 4.19. The van der Waals surface area contributed by atoms with Crippen LogP contribution in [-0.4, -0.2) is 68.8 Å². The lowest BCUT2D eigenvalue weighted by molar-refractivity contribution is -0.897. The minimum Gasteiger partial charge on any atom is -1.00 e. The summed E-state index contributed by atoms with van der Waals surface area (Å²) in [4.78, 5) is 5.05. The molecule has 0 atom stereocenters. The van der Waals surface area contributed by atoms with Gasteiger partial charge in [0, 0.05) is 52.0 Å². The predicted molar refractivity (Wildman–Crippen MR) is 94.1 cm³/mol. The second-order valence-corrected chi connectivity index (χ2v) is 7.24. The van der Waals surface area contributed by atoms with Gasteiger partial charge in [-0.05, 0) is 12.1 Å². The van der Waals surface area contributed by atoms with E-state index in [0.717, 1.165) is 31.9 Å². The highest BCUT2D eigenvalue weighted by Gasteiger charge is 2.26. The van der Waals surface area contributed by atoms with Gasteiger partial charge in [0.15, 0.2) is 0 Å². The molecule has 0 bridgehead atoms. The zero-order valence-corrected chi connectivity index (χ0v) is 15.1. The fourth-order valence-electron chi connectivity index (χ4n) is 3.99. The van der Waals surface area contributed by atoms with Crippen LogP contribution in [0.25, 0.3) is 0 Å². The van der Waals surface area contributed by atoms with Crippen LogP contribution >= 0.6 is 0 Å². The molecule has 4 nitrogen and oxygen atoms in total. The van der Waals surface area contributed by atoms with Crippen LogP contribution in [0.4, 0.5) is 11.4 Å². The van der Waals surface area contributed by atoms with Crippen molar-refractivity contribution in [2.45, 2.75) is 19.3 Å². The van der Waals surface area contributed by atoms with Crippen LogP contribution in [0.1, 0.15) is 19.3 Å². The second kappa shape index (κ2) is 8.22. The number of halogens is 1. The minimum atomic E-state index is 0. The van der Waals surface area contributed by atoms with Crippen molar-refractivity contribution in [3.63, 3.8) is 0 Å². The van der Waals surface area contributed by atoms with Gasteiger partial charge in [-0.1, -0.05) is 12.1 Å². The Hall–Kier alpha value is -0.970. The van der Waals surface area contributed by atoms with Gasteiger partial charge in [-0.2, -0.15) is 0 Å². The summed E-state index contributed by atoms with van der Waals surface area (Å²) in [7, 11) is 2.43. The van der Waals surface area contributed by atoms with Gasteiger partial charge in [-0.15, -0.1) is 0 Å². The summed E-state index contributed by atoms with van der Waals surface area (Å²) in [5, 5.41) is 0. The van der Waals surface area contributed by atoms with Crippen molar-refractivity contribution in [2.75, 3.05) is 70.0 Å². The highest BCUT2D eigenvalue weighted by molar-refractivity contribution is 5.67. The molecule has 23 heavy (non-hydrogen) atoms. The first-order chi connectivity index (χ1) is 10.7. The molecule has 0 spiro atoms. The maximum absolute atomic E-state index is 6.09. The van der Waals surface area contributed by atoms with Gasteiger partial charge in [0.1, 0.15) is 0 Å². The minimum absolute atomic E-state index is 0. The number of hydrogen-bond acceptors (Lipinski definition) is 3. The summed E-state index contributed by atoms with van der Waals surface area (Å²) in [6, 6.07) is 8.24. The summed E-state index contributed by atoms with van der Waals surface area (Å²) in [5.41, 5.74) is 8.20. The average Bonchev–Trinajstić information content (AvgIpc) is 2.96. The Balaban J connectivity index is 0.00000192. The molecule has 2 saturated heterocycles. The molecule has 0 amide bonds. The van der Waals surface area contributed by atoms with Gasteiger partial charge in [-0.25, -0.2) is 0 Å². The van der Waals surface area contributed by atoms with Crippen LogP contribution in [0.2, 0.25) is 0 Å². The van der Waals surface area contributed by atoms with Crippen molar-refractivity contribution in [3.8, 4) is 0 Å². The molecule has 2 N–H and O–H groups in total. The number of quaternary nitrogens is 1. The lowest BCUT2D eigenvalue weighted by Gasteiger charge is -2.37. The van der Waals surface area contributed by atoms with Gasteiger partial charge in [0.25, 0.3) is 0 Å². The first-order valence-corrected chi connectivity index (χ1v) is 8.82. The molecule has 0 unspecified atom stereocenters. The number of anilines is 2. The molecule has 5 heteroatoms. The van der Waals surface area contributed by atoms with Crippen LogP contribution in [0.3, 0.4) is 0 Å². The molecule has 3 rings (SSSR count). The van der Waals surface area contributed by atoms with E-state index in [4.69, 9.17) is 5.73 Å². The molecule has 0 aliphatic carbocycles. The van der Waals surface area contributed by atoms with E-state index in [2.05, 4.69) is 29.0 Å². The highest BCUT2D eigenvalue weighted by atomic mass is 35.5. The van der Waals surface area contributed by atoms with Gasteiger partial charge in [-0.3, -0.25) is 4.90 Å². The number of nitrogen functional groups attached to an aromatic ring is 1. The SMILES string of the molecule is C[N+]1(CCCN2CCN(c3ccccc3N)CC2)CCCC1.[Cl-]. The average molecular weight is 339 g/mol. The number of rotatable bonds is 5. The molecule has 130 valence electrons. The zero-order valence-electron chi connectivity index (χ0n) is 14.4. The summed E-state index contributed by atoms with van der Waals surface area (Å²) >= 11 is 0. The Morgan fingerprint density at radius 1 is 1.04 bits per heavy atom. The van der Waals surface area contributed by atoms with Crippen LogP contribution in [0, 0.1) is 0 Å². The number of likely N-dealkylation sites (tertiary alicyclic amines) is 1. The first-order valence-electron chi connectivity index (χ1n) is 8.82. The molecule has 0 radical (unpaired) electrons. The normalized spacial score (nSPS) is 21.2. The molecular formula is C18H31ClN4. The van der Waals surface area contributed by atoms with Crippen LogP contribution in [-0.2, 0) is 0 Å². The van der Waals surface area contributed by atoms with Crippen molar-refractivity contribution >= 4 is 11.4 Å². The Kier molecular flexibility index (Phi) is 6.57. The van der Waals surface area contributed by atoms with E-state index in [0.29, 0.717) is 0 Å². The zero-order chi connectivity index (χ0) is 15.4. The lowest BCUT2D eigenvalue weighted by Crippen LogP contribution is -3.00. The molecule has 0 saturated carbocycles. The van der Waals surface area contributed by atoms with Gasteiger partial charge in [0.05, 0.1) is 38.1 Å². The second-order valence-electron chi connectivity index (χ2n) is 7.24. The van der Waals surface area contributed by atoms with Crippen molar-refractivity contribution in [2.24, 2.45) is 0 Å². The number of hydrogen-bond donors (Lipinski definition) is 1. The molecule has 0 aromatic heterocycles. The van der Waals surface area contributed by atoms with E-state index in [1.54, 1.807) is 0 Å². The van der Waals surface area contributed by atoms with Crippen molar-refractivity contribution in [3.05, 3.63) is 24.3 Å². The van der Waals surface area contributed by atoms with E-state index in [1.807, 2.05) is 12.1 Å². The maximum atomic E-state index is 6.09. The molecule has 2 fully saturated rings. The fraction of sp³-hybridized carbons (Fsp3) is 0.667. The predicted octanol–water partition coefficient (Wildman–Crippen LogP) is -0.975. The molecule has 2 heterocycles. The van der Waals surface area contributed by atoms with E-state index >= 15 is 0 Å². The summed E-state index contributed by atoms with van der Waals surface area (Å²) in [6.45, 7) is 9.91. The van der Waals surface area contributed by atoms with Gasteiger partial charge >= 0.3 is 0 Å². The van der Waals surface area contributed by atoms with Crippen molar-refractivity contribution in [1.82, 2.24) is 4.90 Å². The van der Waals surface area contributed by atoms with Gasteiger partial charge in [0.2, 0.25) is 0 Å². The quantitative estimate of drug-likeness (QED) is 0.553. The van der Waals surface area contributed by atoms with Crippen LogP contribution in [0.5, 0.6) is 0 Å². The maximum Gasteiger partial charge on any atom is 0.0796 e. The van der Waals surface area contributed by atoms with E-state index < -0.39 is 0 Å². The van der Waals surface area contributed by atoms with E-state index in [-0.39, 0.29) is 12.4 Å². The molecule has 2 aliphatic rings. The largest absolute Gasteiger partial charge is 1.00 e. The Morgan fingerprint density at radius 2 is 1.70 bits per heavy atom. The monoisotopic (exact) mass is 338 g/mol.